The lowest BCUT2D eigenvalue weighted by atomic mass is 10.2. The van der Waals surface area contributed by atoms with E-state index < -0.39 is 30.6 Å². The number of hydrogen-bond donors (Lipinski definition) is 0. The van der Waals surface area contributed by atoms with Crippen molar-refractivity contribution < 1.29 is 36.2 Å². The molecule has 0 N–H and O–H groups in total. The molecule has 12 nitrogen and oxygen atoms in total. The van der Waals surface area contributed by atoms with Gasteiger partial charge in [-0.3, -0.25) is 4.52 Å². The molecule has 0 aromatic heterocycles. The quantitative estimate of drug-likeness (QED) is 0.0827. The van der Waals surface area contributed by atoms with Crippen LogP contribution in [-0.4, -0.2) is 6.61 Å². The maximum atomic E-state index is 7.19. The van der Waals surface area contributed by atoms with Crippen LogP contribution in [0.15, 0.2) is 188 Å². The van der Waals surface area contributed by atoms with Crippen LogP contribution in [0.1, 0.15) is 52.3 Å². The Morgan fingerprint density at radius 1 is 0.265 bits per heavy atom. The Morgan fingerprint density at radius 3 is 0.618 bits per heavy atom. The summed E-state index contributed by atoms with van der Waals surface area (Å²) in [6.45, 7) is 16.1. The summed E-state index contributed by atoms with van der Waals surface area (Å²) in [6, 6.07) is 52.8. The molecule has 8 rings (SSSR count). The van der Waals surface area contributed by atoms with Crippen molar-refractivity contribution in [2.75, 3.05) is 6.61 Å². The second-order valence-electron chi connectivity index (χ2n) is 16.5. The minimum absolute atomic E-state index is 0.150. The van der Waals surface area contributed by atoms with Crippen molar-refractivity contribution in [2.24, 2.45) is 18.1 Å². The minimum Gasteiger partial charge on any atom is -0.422 e. The highest BCUT2D eigenvalue weighted by molar-refractivity contribution is 7.79. The van der Waals surface area contributed by atoms with Crippen molar-refractivity contribution in [3.8, 4) is 40.2 Å². The molecule has 7 aromatic carbocycles. The van der Waals surface area contributed by atoms with Crippen molar-refractivity contribution in [3.05, 3.63) is 209 Å². The molecule has 0 radical (unpaired) electrons. The smallest absolute Gasteiger partial charge is 0.422 e. The van der Waals surface area contributed by atoms with Crippen molar-refractivity contribution in [1.82, 2.24) is 0 Å². The molecule has 0 amide bonds. The van der Waals surface area contributed by atoms with E-state index >= 15 is 0 Å². The van der Waals surface area contributed by atoms with E-state index in [4.69, 9.17) is 54.3 Å². The van der Waals surface area contributed by atoms with Gasteiger partial charge in [-0.1, -0.05) is 140 Å². The van der Waals surface area contributed by atoms with E-state index in [1.54, 1.807) is 0 Å². The van der Waals surface area contributed by atoms with E-state index in [1.165, 1.54) is 0 Å². The number of rotatable bonds is 17. The maximum absolute atomic E-state index is 7.19. The first kappa shape index (κ1) is 48.5. The summed E-state index contributed by atoms with van der Waals surface area (Å²) >= 11 is 0. The van der Waals surface area contributed by atoms with E-state index in [-0.39, 0.29) is 6.61 Å². The van der Waals surface area contributed by atoms with Crippen LogP contribution in [0, 0.1) is 48.5 Å². The number of benzene rings is 7. The van der Waals surface area contributed by atoms with Gasteiger partial charge in [0.2, 0.25) is 0 Å². The Labute approximate surface area is 400 Å². The summed E-state index contributed by atoms with van der Waals surface area (Å²) < 4.78 is 79.5. The Balaban J connectivity index is 1.58. The van der Waals surface area contributed by atoms with Gasteiger partial charge in [0.15, 0.2) is 0 Å². The summed E-state index contributed by atoms with van der Waals surface area (Å²) in [5.74, 6) is 2.75. The first-order valence-electron chi connectivity index (χ1n) is 22.2. The fourth-order valence-electron chi connectivity index (χ4n) is 6.40. The number of aryl methyl sites for hydroxylation is 7. The normalized spacial score (nSPS) is 16.7. The van der Waals surface area contributed by atoms with Crippen molar-refractivity contribution >= 4 is 30.6 Å². The highest BCUT2D eigenvalue weighted by Gasteiger charge is 2.49. The summed E-state index contributed by atoms with van der Waals surface area (Å²) in [6.07, 6.45) is 0.564. The Kier molecular flexibility index (Phi) is 15.1. The predicted octanol–water partition coefficient (Wildman–Crippen LogP) is 17.9. The van der Waals surface area contributed by atoms with Gasteiger partial charge < -0.3 is 31.7 Å². The van der Waals surface area contributed by atoms with Crippen LogP contribution < -0.4 is 31.7 Å². The lowest BCUT2D eigenvalue weighted by Gasteiger charge is -2.33. The summed E-state index contributed by atoms with van der Waals surface area (Å²) in [7, 11) is -17.2. The van der Waals surface area contributed by atoms with E-state index in [1.807, 2.05) is 225 Å². The molecule has 352 valence electrons. The molecule has 7 aromatic rings. The molecule has 1 aliphatic rings. The van der Waals surface area contributed by atoms with Gasteiger partial charge in [-0.25, -0.2) is 0 Å². The molecule has 68 heavy (non-hydrogen) atoms. The zero-order valence-corrected chi connectivity index (χ0v) is 43.0. The van der Waals surface area contributed by atoms with Crippen LogP contribution >= 0.6 is 30.6 Å². The Morgan fingerprint density at radius 2 is 0.426 bits per heavy atom. The highest BCUT2D eigenvalue weighted by atomic mass is 31.3. The molecule has 1 unspecified atom stereocenters. The van der Waals surface area contributed by atoms with Gasteiger partial charge in [0.1, 0.15) is 40.2 Å². The molecule has 0 fully saturated rings. The van der Waals surface area contributed by atoms with Gasteiger partial charge in [-0.15, -0.1) is 9.03 Å². The average Bonchev–Trinajstić information content (AvgIpc) is 3.31. The third-order valence-corrected chi connectivity index (χ3v) is 21.0. The summed E-state index contributed by atoms with van der Waals surface area (Å²) in [4.78, 5) is 0. The highest BCUT2D eigenvalue weighted by Crippen LogP contribution is 2.79. The largest absolute Gasteiger partial charge is 0.460 e. The molecule has 0 spiro atoms. The molecule has 1 atom stereocenters. The van der Waals surface area contributed by atoms with Gasteiger partial charge in [-0.2, -0.15) is 0 Å². The van der Waals surface area contributed by atoms with Crippen LogP contribution in [0.25, 0.3) is 0 Å². The monoisotopic (exact) mass is 988 g/mol. The molecule has 0 saturated heterocycles. The van der Waals surface area contributed by atoms with Gasteiger partial charge in [0, 0.05) is 0 Å². The molecule has 1 aliphatic heterocycles. The summed E-state index contributed by atoms with van der Waals surface area (Å²) in [5, 5.41) is 0. The van der Waals surface area contributed by atoms with E-state index in [0.29, 0.717) is 46.7 Å². The molecule has 0 saturated carbocycles. The fourth-order valence-corrected chi connectivity index (χ4v) is 18.6. The number of nitrogens with zero attached hydrogens (tertiary/aromatic N) is 4. The molecule has 0 bridgehead atoms. The molecular formula is C52H56N4O8P4. The summed E-state index contributed by atoms with van der Waals surface area (Å²) in [5.41, 5.74) is 7.10. The standard InChI is InChI=1S/C52H56N4O8P4/c1-9-38-57-65(58-46-24-10-39(2)11-25-46)53-66(59-47-26-12-40(3)13-27-47,60-48-28-14-41(4)15-29-48)55-68(63-51-34-20-44(7)21-35-51,64-52-36-22-45(8)23-37-52)56-67(54-65,61-49-30-16-42(5)17-31-49)62-50-32-18-43(6)19-33-50/h10-37H,9,38H2,1-8H3. The Hall–Kier alpha value is -5.98. The third-order valence-electron chi connectivity index (χ3n) is 10.1. The zero-order valence-electron chi connectivity index (χ0n) is 39.4. The lowest BCUT2D eigenvalue weighted by molar-refractivity contribution is 0.304. The zero-order chi connectivity index (χ0) is 47.8. The molecule has 1 heterocycles. The van der Waals surface area contributed by atoms with Gasteiger partial charge >= 0.3 is 30.6 Å². The fraction of sp³-hybridized carbons (Fsp3) is 0.192. The van der Waals surface area contributed by atoms with Crippen LogP contribution in [0.2, 0.25) is 0 Å². The van der Waals surface area contributed by atoms with Gasteiger partial charge in [-0.05, 0) is 140 Å². The van der Waals surface area contributed by atoms with Crippen molar-refractivity contribution in [1.29, 1.82) is 0 Å². The lowest BCUT2D eigenvalue weighted by Crippen LogP contribution is -2.10. The maximum Gasteiger partial charge on any atom is 0.460 e. The van der Waals surface area contributed by atoms with E-state index in [0.717, 1.165) is 38.9 Å². The second-order valence-corrected chi connectivity index (χ2v) is 24.8. The van der Waals surface area contributed by atoms with Crippen LogP contribution in [0.3, 0.4) is 0 Å². The van der Waals surface area contributed by atoms with E-state index in [2.05, 4.69) is 0 Å². The van der Waals surface area contributed by atoms with Crippen LogP contribution in [0.4, 0.5) is 0 Å². The van der Waals surface area contributed by atoms with Gasteiger partial charge in [0.05, 0.1) is 6.61 Å². The van der Waals surface area contributed by atoms with Crippen LogP contribution in [-0.2, 0) is 4.52 Å². The third kappa shape index (κ3) is 12.8. The molecular weight excluding hydrogens is 932 g/mol. The average molecular weight is 989 g/mol. The second kappa shape index (κ2) is 21.1. The van der Waals surface area contributed by atoms with Gasteiger partial charge in [0.25, 0.3) is 0 Å². The first-order chi connectivity index (χ1) is 32.7. The van der Waals surface area contributed by atoms with Crippen molar-refractivity contribution in [3.63, 3.8) is 0 Å². The first-order valence-corrected chi connectivity index (χ1v) is 28.4. The van der Waals surface area contributed by atoms with Crippen LogP contribution in [0.5, 0.6) is 40.2 Å². The van der Waals surface area contributed by atoms with E-state index in [9.17, 15) is 0 Å². The SMILES string of the molecule is CCCOP1(Oc2ccc(C)cc2)=NP(Oc2ccc(C)cc2)(Oc2ccc(C)cc2)=NP(Oc2ccc(C)cc2)(Oc2ccc(C)cc2)=NP(Oc2ccc(C)cc2)(Oc2ccc(C)cc2)=N1. The predicted molar refractivity (Wildman–Crippen MR) is 276 cm³/mol. The Bertz CT molecular complexity index is 2810. The molecule has 0 aliphatic carbocycles. The topological polar surface area (TPSA) is 123 Å². The molecule has 16 heteroatoms. The number of hydrogen-bond acceptors (Lipinski definition) is 12. The van der Waals surface area contributed by atoms with Crippen molar-refractivity contribution in [2.45, 2.75) is 61.8 Å². The minimum atomic E-state index is -4.37.